The first-order valence-electron chi connectivity index (χ1n) is 9.77. The van der Waals surface area contributed by atoms with Crippen molar-refractivity contribution in [1.82, 2.24) is 29.9 Å². The fourth-order valence-corrected chi connectivity index (χ4v) is 3.32. The predicted molar refractivity (Wildman–Crippen MR) is 109 cm³/mol. The van der Waals surface area contributed by atoms with Crippen LogP contribution in [0.2, 0.25) is 0 Å². The van der Waals surface area contributed by atoms with Crippen molar-refractivity contribution in [2.45, 2.75) is 25.8 Å². The molecule has 1 amide bonds. The van der Waals surface area contributed by atoms with E-state index in [1.807, 2.05) is 31.3 Å². The molecule has 3 N–H and O–H groups in total. The van der Waals surface area contributed by atoms with E-state index in [-0.39, 0.29) is 17.6 Å². The van der Waals surface area contributed by atoms with Crippen LogP contribution in [-0.2, 0) is 4.79 Å². The summed E-state index contributed by atoms with van der Waals surface area (Å²) in [6.07, 6.45) is 3.61. The van der Waals surface area contributed by atoms with E-state index >= 15 is 0 Å². The molecular formula is C21H20FN7O. The maximum Gasteiger partial charge on any atom is 0.223 e. The molecule has 0 spiro atoms. The number of hydrogen-bond acceptors (Lipinski definition) is 5. The summed E-state index contributed by atoms with van der Waals surface area (Å²) in [7, 11) is 0. The Morgan fingerprint density at radius 2 is 2.03 bits per heavy atom. The van der Waals surface area contributed by atoms with Gasteiger partial charge in [-0.2, -0.15) is 10.1 Å². The van der Waals surface area contributed by atoms with Gasteiger partial charge in [-0.1, -0.05) is 12.1 Å². The molecule has 9 heteroatoms. The van der Waals surface area contributed by atoms with Crippen LogP contribution in [0.5, 0.6) is 0 Å². The summed E-state index contributed by atoms with van der Waals surface area (Å²) in [6, 6.07) is 11.0. The van der Waals surface area contributed by atoms with Gasteiger partial charge < -0.3 is 10.6 Å². The molecule has 0 bridgehead atoms. The van der Waals surface area contributed by atoms with Crippen LogP contribution >= 0.6 is 0 Å². The van der Waals surface area contributed by atoms with E-state index in [4.69, 9.17) is 0 Å². The minimum atomic E-state index is -0.597. The lowest BCUT2D eigenvalue weighted by Crippen LogP contribution is -2.32. The first-order valence-corrected chi connectivity index (χ1v) is 9.77. The van der Waals surface area contributed by atoms with Crippen molar-refractivity contribution in [2.75, 3.05) is 5.32 Å². The van der Waals surface area contributed by atoms with Crippen LogP contribution in [0.3, 0.4) is 0 Å². The molecule has 8 nitrogen and oxygen atoms in total. The van der Waals surface area contributed by atoms with Crippen LogP contribution in [-0.4, -0.2) is 30.5 Å². The van der Waals surface area contributed by atoms with Crippen LogP contribution in [0.15, 0.2) is 48.7 Å². The molecule has 0 radical (unpaired) electrons. The van der Waals surface area contributed by atoms with Gasteiger partial charge in [0.25, 0.3) is 0 Å². The quantitative estimate of drug-likeness (QED) is 0.457. The first kappa shape index (κ1) is 18.3. The van der Waals surface area contributed by atoms with Crippen LogP contribution in [0, 0.1) is 18.7 Å². The summed E-state index contributed by atoms with van der Waals surface area (Å²) >= 11 is 0. The van der Waals surface area contributed by atoms with Crippen molar-refractivity contribution >= 4 is 23.3 Å². The van der Waals surface area contributed by atoms with E-state index in [2.05, 4.69) is 30.8 Å². The standard InChI is InChI=1S/C21H20FN7O/c1-12-11-16(28-27-12)23-21-26-19(24-17-3-2-10-29(17)21)18(25-20(30)14-4-5-14)13-6-8-15(22)9-7-13/h2-3,6-11,14,18H,4-5H2,1H3,(H,25,30)(H2,23,24,26,27,28). The number of aromatic amines is 1. The summed E-state index contributed by atoms with van der Waals surface area (Å²) < 4.78 is 15.3. The molecule has 152 valence electrons. The van der Waals surface area contributed by atoms with E-state index in [0.717, 1.165) is 18.5 Å². The van der Waals surface area contributed by atoms with Crippen LogP contribution in [0.25, 0.3) is 5.65 Å². The third-order valence-corrected chi connectivity index (χ3v) is 5.05. The van der Waals surface area contributed by atoms with Crippen molar-refractivity contribution in [1.29, 1.82) is 0 Å². The number of anilines is 2. The van der Waals surface area contributed by atoms with Crippen molar-refractivity contribution in [3.63, 3.8) is 0 Å². The number of rotatable bonds is 6. The molecule has 4 aromatic rings. The average molecular weight is 405 g/mol. The van der Waals surface area contributed by atoms with E-state index in [9.17, 15) is 9.18 Å². The zero-order valence-electron chi connectivity index (χ0n) is 16.3. The lowest BCUT2D eigenvalue weighted by atomic mass is 10.1. The summed E-state index contributed by atoms with van der Waals surface area (Å²) in [5.41, 5.74) is 2.29. The number of nitrogens with zero attached hydrogens (tertiary/aromatic N) is 4. The van der Waals surface area contributed by atoms with Gasteiger partial charge >= 0.3 is 0 Å². The zero-order chi connectivity index (χ0) is 20.7. The van der Waals surface area contributed by atoms with Crippen molar-refractivity contribution in [3.8, 4) is 0 Å². The molecule has 1 saturated carbocycles. The number of amides is 1. The fourth-order valence-electron chi connectivity index (χ4n) is 3.32. The molecule has 0 aliphatic heterocycles. The van der Waals surface area contributed by atoms with Gasteiger partial charge in [0.1, 0.15) is 17.5 Å². The molecule has 5 rings (SSSR count). The second-order valence-corrected chi connectivity index (χ2v) is 7.47. The zero-order valence-corrected chi connectivity index (χ0v) is 16.3. The van der Waals surface area contributed by atoms with Gasteiger partial charge in [0.2, 0.25) is 11.9 Å². The minimum Gasteiger partial charge on any atom is -0.342 e. The van der Waals surface area contributed by atoms with E-state index < -0.39 is 6.04 Å². The maximum atomic E-state index is 13.5. The molecule has 1 atom stereocenters. The number of H-pyrrole nitrogens is 1. The van der Waals surface area contributed by atoms with Crippen molar-refractivity contribution < 1.29 is 9.18 Å². The summed E-state index contributed by atoms with van der Waals surface area (Å²) in [5.74, 6) is 1.18. The van der Waals surface area contributed by atoms with E-state index in [1.165, 1.54) is 12.1 Å². The van der Waals surface area contributed by atoms with Gasteiger partial charge in [-0.15, -0.1) is 0 Å². The highest BCUT2D eigenvalue weighted by Crippen LogP contribution is 2.31. The molecule has 30 heavy (non-hydrogen) atoms. The number of hydrogen-bond donors (Lipinski definition) is 3. The molecule has 3 heterocycles. The van der Waals surface area contributed by atoms with Crippen LogP contribution < -0.4 is 10.6 Å². The third-order valence-electron chi connectivity index (χ3n) is 5.05. The second-order valence-electron chi connectivity index (χ2n) is 7.47. The molecule has 1 aromatic carbocycles. The summed E-state index contributed by atoms with van der Waals surface area (Å²) in [5, 5.41) is 13.3. The van der Waals surface area contributed by atoms with Gasteiger partial charge in [-0.25, -0.2) is 9.37 Å². The van der Waals surface area contributed by atoms with Gasteiger partial charge in [0.05, 0.1) is 0 Å². The third kappa shape index (κ3) is 3.61. The van der Waals surface area contributed by atoms with Gasteiger partial charge in [0.15, 0.2) is 11.6 Å². The fraction of sp³-hybridized carbons (Fsp3) is 0.238. The lowest BCUT2D eigenvalue weighted by molar-refractivity contribution is -0.122. The summed E-state index contributed by atoms with van der Waals surface area (Å²) in [4.78, 5) is 21.9. The molecule has 1 fully saturated rings. The molecule has 0 saturated heterocycles. The Labute approximate surface area is 171 Å². The molecule has 1 unspecified atom stereocenters. The minimum absolute atomic E-state index is 0.0228. The van der Waals surface area contributed by atoms with Crippen LogP contribution in [0.4, 0.5) is 16.2 Å². The van der Waals surface area contributed by atoms with Gasteiger partial charge in [0, 0.05) is 23.9 Å². The topological polar surface area (TPSA) is 100 Å². The number of carbonyl (C=O) groups is 1. The number of carbonyl (C=O) groups excluding carboxylic acids is 1. The van der Waals surface area contributed by atoms with E-state index in [0.29, 0.717) is 28.8 Å². The highest BCUT2D eigenvalue weighted by atomic mass is 19.1. The van der Waals surface area contributed by atoms with Crippen molar-refractivity contribution in [3.05, 3.63) is 71.6 Å². The number of fused-ring (bicyclic) bond motifs is 1. The number of nitrogens with one attached hydrogen (secondary N) is 3. The Morgan fingerprint density at radius 1 is 1.23 bits per heavy atom. The maximum absolute atomic E-state index is 13.5. The molecule has 1 aliphatic carbocycles. The van der Waals surface area contributed by atoms with Gasteiger partial charge in [-0.05, 0) is 49.6 Å². The highest BCUT2D eigenvalue weighted by Gasteiger charge is 2.32. The predicted octanol–water partition coefficient (Wildman–Crippen LogP) is 3.26. The SMILES string of the molecule is Cc1cc(Nc2nc(C(NC(=O)C3CC3)c3ccc(F)cc3)nc3cccn23)n[nH]1. The smallest absolute Gasteiger partial charge is 0.223 e. The Kier molecular flexibility index (Phi) is 4.42. The second kappa shape index (κ2) is 7.25. The Bertz CT molecular complexity index is 1210. The number of aromatic nitrogens is 5. The number of aryl methyl sites for hydroxylation is 1. The van der Waals surface area contributed by atoms with Crippen LogP contribution in [0.1, 0.15) is 36.0 Å². The Morgan fingerprint density at radius 3 is 2.73 bits per heavy atom. The number of benzene rings is 1. The molecule has 3 aromatic heterocycles. The molecule has 1 aliphatic rings. The Balaban J connectivity index is 1.57. The largest absolute Gasteiger partial charge is 0.342 e. The Hall–Kier alpha value is -3.75. The first-order chi connectivity index (χ1) is 14.6. The average Bonchev–Trinajstić information content (AvgIpc) is 3.35. The lowest BCUT2D eigenvalue weighted by Gasteiger charge is -2.19. The van der Waals surface area contributed by atoms with Crippen molar-refractivity contribution in [2.24, 2.45) is 5.92 Å². The normalized spacial score (nSPS) is 14.6. The van der Waals surface area contributed by atoms with Gasteiger partial charge in [-0.3, -0.25) is 14.3 Å². The highest BCUT2D eigenvalue weighted by molar-refractivity contribution is 5.81. The number of halogens is 1. The monoisotopic (exact) mass is 405 g/mol. The summed E-state index contributed by atoms with van der Waals surface area (Å²) in [6.45, 7) is 1.91. The van der Waals surface area contributed by atoms with E-state index in [1.54, 1.807) is 16.5 Å². The molecular weight excluding hydrogens is 385 g/mol.